The van der Waals surface area contributed by atoms with Gasteiger partial charge >= 0.3 is 11.2 Å². The molecule has 7 heteroatoms. The van der Waals surface area contributed by atoms with Gasteiger partial charge in [-0.2, -0.15) is 0 Å². The highest BCUT2D eigenvalue weighted by Crippen LogP contribution is 2.49. The van der Waals surface area contributed by atoms with E-state index in [9.17, 15) is 9.18 Å². The van der Waals surface area contributed by atoms with Crippen molar-refractivity contribution in [2.45, 2.75) is 31.3 Å². The molecule has 4 nitrogen and oxygen atoms in total. The van der Waals surface area contributed by atoms with Gasteiger partial charge in [-0.25, -0.2) is 9.18 Å². The van der Waals surface area contributed by atoms with Crippen LogP contribution in [0.5, 0.6) is 0 Å². The molecule has 4 rings (SSSR count). The zero-order valence-corrected chi connectivity index (χ0v) is 17.2. The van der Waals surface area contributed by atoms with E-state index in [1.54, 1.807) is 24.3 Å². The molecule has 1 fully saturated rings. The first-order valence-electron chi connectivity index (χ1n) is 9.23. The SMILES string of the molecule is COC(=S)OC1=C(c2cc(-c3ccc(F)cc3)ccc2Cl)C(=O)OC12CCCC2. The number of methoxy groups -OCH3 is 1. The van der Waals surface area contributed by atoms with E-state index in [1.165, 1.54) is 19.2 Å². The number of ether oxygens (including phenoxy) is 3. The lowest BCUT2D eigenvalue weighted by Crippen LogP contribution is -2.30. The summed E-state index contributed by atoms with van der Waals surface area (Å²) >= 11 is 11.5. The lowest BCUT2D eigenvalue weighted by atomic mass is 9.93. The molecule has 1 spiro atoms. The van der Waals surface area contributed by atoms with Crippen LogP contribution in [-0.4, -0.2) is 23.9 Å². The predicted octanol–water partition coefficient (Wildman–Crippen LogP) is 5.67. The molecule has 0 amide bonds. The fraction of sp³-hybridized carbons (Fsp3) is 0.273. The summed E-state index contributed by atoms with van der Waals surface area (Å²) in [5.41, 5.74) is 1.47. The van der Waals surface area contributed by atoms with Crippen LogP contribution in [0.15, 0.2) is 48.2 Å². The minimum absolute atomic E-state index is 0.0899. The van der Waals surface area contributed by atoms with Gasteiger partial charge in [0.15, 0.2) is 11.4 Å². The Morgan fingerprint density at radius 1 is 1.14 bits per heavy atom. The molecule has 0 atom stereocenters. The quantitative estimate of drug-likeness (QED) is 0.461. The van der Waals surface area contributed by atoms with Crippen LogP contribution in [0.1, 0.15) is 31.2 Å². The molecule has 1 saturated carbocycles. The average molecular weight is 433 g/mol. The van der Waals surface area contributed by atoms with Gasteiger partial charge < -0.3 is 14.2 Å². The minimum atomic E-state index is -0.843. The summed E-state index contributed by atoms with van der Waals surface area (Å²) in [7, 11) is 1.41. The minimum Gasteiger partial charge on any atom is -0.460 e. The van der Waals surface area contributed by atoms with E-state index in [4.69, 9.17) is 38.0 Å². The second kappa shape index (κ2) is 7.76. The summed E-state index contributed by atoms with van der Waals surface area (Å²) < 4.78 is 29.9. The van der Waals surface area contributed by atoms with E-state index in [-0.39, 0.29) is 16.6 Å². The Balaban J connectivity index is 1.86. The van der Waals surface area contributed by atoms with Crippen LogP contribution in [0.3, 0.4) is 0 Å². The Morgan fingerprint density at radius 3 is 2.45 bits per heavy atom. The molecule has 0 bridgehead atoms. The first-order chi connectivity index (χ1) is 13.9. The van der Waals surface area contributed by atoms with Crippen LogP contribution in [0.25, 0.3) is 16.7 Å². The number of benzene rings is 2. The topological polar surface area (TPSA) is 44.8 Å². The van der Waals surface area contributed by atoms with Gasteiger partial charge in [0.25, 0.3) is 0 Å². The zero-order valence-electron chi connectivity index (χ0n) is 15.7. The molecule has 2 aliphatic rings. The number of esters is 1. The third-order valence-electron chi connectivity index (χ3n) is 5.31. The van der Waals surface area contributed by atoms with Gasteiger partial charge in [0, 0.05) is 22.8 Å². The molecule has 1 heterocycles. The van der Waals surface area contributed by atoms with E-state index in [2.05, 4.69) is 0 Å². The second-order valence-corrected chi connectivity index (χ2v) is 7.79. The molecule has 2 aromatic carbocycles. The fourth-order valence-electron chi connectivity index (χ4n) is 3.91. The third kappa shape index (κ3) is 3.63. The van der Waals surface area contributed by atoms with E-state index in [0.717, 1.165) is 24.0 Å². The molecular formula is C22H18ClFO4S. The van der Waals surface area contributed by atoms with Gasteiger partial charge in [-0.3, -0.25) is 0 Å². The fourth-order valence-corrected chi connectivity index (χ4v) is 4.21. The van der Waals surface area contributed by atoms with Crippen molar-refractivity contribution < 1.29 is 23.4 Å². The average Bonchev–Trinajstić information content (AvgIpc) is 3.28. The highest BCUT2D eigenvalue weighted by Gasteiger charge is 2.52. The summed E-state index contributed by atoms with van der Waals surface area (Å²) in [4.78, 5) is 12.9. The van der Waals surface area contributed by atoms with Crippen LogP contribution in [0.2, 0.25) is 5.02 Å². The van der Waals surface area contributed by atoms with E-state index in [0.29, 0.717) is 29.2 Å². The highest BCUT2D eigenvalue weighted by atomic mass is 35.5. The third-order valence-corrected chi connectivity index (χ3v) is 5.89. The van der Waals surface area contributed by atoms with Gasteiger partial charge in [0.1, 0.15) is 11.4 Å². The molecule has 0 N–H and O–H groups in total. The lowest BCUT2D eigenvalue weighted by molar-refractivity contribution is -0.146. The molecule has 0 aromatic heterocycles. The summed E-state index contributed by atoms with van der Waals surface area (Å²) in [6.45, 7) is 0. The van der Waals surface area contributed by atoms with Crippen molar-refractivity contribution in [2.24, 2.45) is 0 Å². The maximum absolute atomic E-state index is 13.3. The van der Waals surface area contributed by atoms with Crippen LogP contribution < -0.4 is 0 Å². The first kappa shape index (κ1) is 19.9. The maximum Gasteiger partial charge on any atom is 0.357 e. The second-order valence-electron chi connectivity index (χ2n) is 7.05. The van der Waals surface area contributed by atoms with Crippen molar-refractivity contribution in [1.82, 2.24) is 0 Å². The van der Waals surface area contributed by atoms with Crippen molar-refractivity contribution in [2.75, 3.05) is 7.11 Å². The lowest BCUT2D eigenvalue weighted by Gasteiger charge is -2.24. The van der Waals surface area contributed by atoms with Gasteiger partial charge in [-0.05, 0) is 61.1 Å². The van der Waals surface area contributed by atoms with Crippen LogP contribution >= 0.6 is 23.8 Å². The Bertz CT molecular complexity index is 1010. The molecule has 0 unspecified atom stereocenters. The standard InChI is InChI=1S/C22H18ClFO4S/c1-26-21(29)27-19-18(20(25)28-22(19)10-2-3-11-22)16-12-14(6-9-17(16)23)13-4-7-15(24)8-5-13/h4-9,12H,2-3,10-11H2,1H3. The number of hydrogen-bond acceptors (Lipinski definition) is 5. The molecule has 29 heavy (non-hydrogen) atoms. The Hall–Kier alpha value is -2.44. The maximum atomic E-state index is 13.3. The number of thiocarbonyl (C=S) groups is 1. The molecule has 0 saturated heterocycles. The summed E-state index contributed by atoms with van der Waals surface area (Å²) in [6, 6.07) is 11.4. The summed E-state index contributed by atoms with van der Waals surface area (Å²) in [6.07, 6.45) is 3.13. The Morgan fingerprint density at radius 2 is 1.79 bits per heavy atom. The van der Waals surface area contributed by atoms with Crippen molar-refractivity contribution in [3.05, 3.63) is 64.6 Å². The summed E-state index contributed by atoms with van der Waals surface area (Å²) in [5, 5.41) is 0.287. The Kier molecular flexibility index (Phi) is 5.32. The van der Waals surface area contributed by atoms with Crippen molar-refractivity contribution in [3.8, 4) is 11.1 Å². The van der Waals surface area contributed by atoms with Crippen molar-refractivity contribution in [1.29, 1.82) is 0 Å². The molecule has 1 aliphatic carbocycles. The van der Waals surface area contributed by atoms with Gasteiger partial charge in [-0.15, -0.1) is 0 Å². The molecule has 0 radical (unpaired) electrons. The molecule has 2 aromatic rings. The van der Waals surface area contributed by atoms with E-state index >= 15 is 0 Å². The number of carbonyl (C=O) groups excluding carboxylic acids is 1. The summed E-state index contributed by atoms with van der Waals surface area (Å²) in [5.74, 6) is -0.471. The van der Waals surface area contributed by atoms with Crippen LogP contribution in [0.4, 0.5) is 4.39 Å². The van der Waals surface area contributed by atoms with Crippen molar-refractivity contribution >= 4 is 40.6 Å². The van der Waals surface area contributed by atoms with E-state index < -0.39 is 11.6 Å². The van der Waals surface area contributed by atoms with Gasteiger partial charge in [0.2, 0.25) is 0 Å². The number of carbonyl (C=O) groups is 1. The molecular weight excluding hydrogens is 415 g/mol. The number of rotatable bonds is 3. The van der Waals surface area contributed by atoms with E-state index in [1.807, 2.05) is 6.07 Å². The normalized spacial score (nSPS) is 17.6. The van der Waals surface area contributed by atoms with Crippen LogP contribution in [-0.2, 0) is 19.0 Å². The van der Waals surface area contributed by atoms with Crippen molar-refractivity contribution in [3.63, 3.8) is 0 Å². The largest absolute Gasteiger partial charge is 0.460 e. The number of hydrogen-bond donors (Lipinski definition) is 0. The van der Waals surface area contributed by atoms with Crippen LogP contribution in [0, 0.1) is 5.82 Å². The zero-order chi connectivity index (χ0) is 20.6. The predicted molar refractivity (Wildman–Crippen MR) is 112 cm³/mol. The Labute approximate surface area is 178 Å². The molecule has 150 valence electrons. The molecule has 1 aliphatic heterocycles. The number of halogens is 2. The van der Waals surface area contributed by atoms with Gasteiger partial charge in [-0.1, -0.05) is 29.8 Å². The van der Waals surface area contributed by atoms with Gasteiger partial charge in [0.05, 0.1) is 7.11 Å². The smallest absolute Gasteiger partial charge is 0.357 e. The highest BCUT2D eigenvalue weighted by molar-refractivity contribution is 7.79. The first-order valence-corrected chi connectivity index (χ1v) is 10.0. The monoisotopic (exact) mass is 432 g/mol.